The number of nitrogens with zero attached hydrogens (tertiary/aromatic N) is 1. The largest absolute Gasteiger partial charge is 0.484 e. The van der Waals surface area contributed by atoms with Crippen LogP contribution in [-0.4, -0.2) is 42.9 Å². The van der Waals surface area contributed by atoms with E-state index < -0.39 is 11.9 Å². The van der Waals surface area contributed by atoms with Crippen LogP contribution < -0.4 is 10.5 Å². The molecule has 2 amide bonds. The van der Waals surface area contributed by atoms with Crippen LogP contribution in [0.25, 0.3) is 6.08 Å². The molecule has 0 fully saturated rings. The molecule has 2 rings (SSSR count). The summed E-state index contributed by atoms with van der Waals surface area (Å²) in [6.07, 6.45) is 1.65. The topological polar surface area (TPSA) is 98.9 Å². The zero-order valence-electron chi connectivity index (χ0n) is 15.9. The summed E-state index contributed by atoms with van der Waals surface area (Å²) in [5, 5.41) is 0. The Labute approximate surface area is 158 Å². The van der Waals surface area contributed by atoms with Crippen LogP contribution in [0.2, 0.25) is 0 Å². The predicted octanol–water partition coefficient (Wildman–Crippen LogP) is 1.88. The van der Waals surface area contributed by atoms with Gasteiger partial charge in [-0.3, -0.25) is 9.59 Å². The molecule has 144 valence electrons. The highest BCUT2D eigenvalue weighted by Crippen LogP contribution is 2.32. The summed E-state index contributed by atoms with van der Waals surface area (Å²) in [6, 6.07) is 6.78. The van der Waals surface area contributed by atoms with Crippen molar-refractivity contribution >= 4 is 23.9 Å². The van der Waals surface area contributed by atoms with Crippen LogP contribution in [0.4, 0.5) is 0 Å². The van der Waals surface area contributed by atoms with Crippen molar-refractivity contribution in [1.29, 1.82) is 0 Å². The van der Waals surface area contributed by atoms with Gasteiger partial charge in [-0.05, 0) is 36.6 Å². The van der Waals surface area contributed by atoms with Gasteiger partial charge in [0.1, 0.15) is 5.75 Å². The summed E-state index contributed by atoms with van der Waals surface area (Å²) in [5.41, 5.74) is 6.92. The quantitative estimate of drug-likeness (QED) is 0.582. The lowest BCUT2D eigenvalue weighted by molar-refractivity contribution is -0.136. The monoisotopic (exact) mass is 372 g/mol. The minimum atomic E-state index is -0.564. The van der Waals surface area contributed by atoms with Gasteiger partial charge in [-0.15, -0.1) is 0 Å². The van der Waals surface area contributed by atoms with Gasteiger partial charge in [0.05, 0.1) is 18.3 Å². The van der Waals surface area contributed by atoms with Crippen molar-refractivity contribution in [3.8, 4) is 5.75 Å². The van der Waals surface area contributed by atoms with Crippen LogP contribution in [-0.2, 0) is 19.1 Å². The number of allylic oxidation sites excluding steroid dienone is 1. The van der Waals surface area contributed by atoms with Gasteiger partial charge in [0.2, 0.25) is 0 Å². The predicted molar refractivity (Wildman–Crippen MR) is 100 cm³/mol. The number of amides is 2. The average Bonchev–Trinajstić information content (AvgIpc) is 2.84. The minimum absolute atomic E-state index is 0.211. The molecule has 1 heterocycles. The summed E-state index contributed by atoms with van der Waals surface area (Å²) in [6.45, 7) is 6.06. The molecular weight excluding hydrogens is 348 g/mol. The van der Waals surface area contributed by atoms with Gasteiger partial charge >= 0.3 is 5.97 Å². The number of nitrogens with two attached hydrogens (primary N) is 1. The number of hydrogen-bond acceptors (Lipinski definition) is 5. The second-order valence-corrected chi connectivity index (χ2v) is 6.64. The van der Waals surface area contributed by atoms with Crippen molar-refractivity contribution in [3.63, 3.8) is 0 Å². The molecule has 7 heteroatoms. The first-order valence-electron chi connectivity index (χ1n) is 8.58. The Bertz CT molecular complexity index is 806. The Morgan fingerprint density at radius 3 is 2.37 bits per heavy atom. The normalized spacial score (nSPS) is 15.7. The molecule has 0 radical (unpaired) electrons. The molecular formula is C20H24N2O5. The number of carbonyl (C=O) groups is 3. The lowest BCUT2D eigenvalue weighted by Crippen LogP contribution is -2.28. The molecule has 1 aliphatic rings. The maximum absolute atomic E-state index is 12.9. The van der Waals surface area contributed by atoms with Gasteiger partial charge in [0, 0.05) is 12.2 Å². The summed E-state index contributed by atoms with van der Waals surface area (Å²) in [5.74, 6) is -0.597. The smallest absolute Gasteiger partial charge is 0.340 e. The van der Waals surface area contributed by atoms with E-state index in [4.69, 9.17) is 15.2 Å². The molecule has 0 aliphatic carbocycles. The van der Waals surface area contributed by atoms with Crippen molar-refractivity contribution in [2.45, 2.75) is 20.8 Å². The van der Waals surface area contributed by atoms with E-state index in [1.54, 1.807) is 42.2 Å². The van der Waals surface area contributed by atoms with Crippen molar-refractivity contribution in [3.05, 3.63) is 46.7 Å². The summed E-state index contributed by atoms with van der Waals surface area (Å²) >= 11 is 0. The molecule has 1 aromatic carbocycles. The molecule has 1 aliphatic heterocycles. The van der Waals surface area contributed by atoms with E-state index in [-0.39, 0.29) is 24.0 Å². The lowest BCUT2D eigenvalue weighted by atomic mass is 10.0. The molecule has 0 atom stereocenters. The molecule has 0 unspecified atom stereocenters. The third kappa shape index (κ3) is 4.75. The van der Waals surface area contributed by atoms with Gasteiger partial charge in [0.15, 0.2) is 6.61 Å². The number of ether oxygens (including phenoxy) is 2. The molecule has 0 aromatic heterocycles. The van der Waals surface area contributed by atoms with Crippen LogP contribution in [0.3, 0.4) is 0 Å². The van der Waals surface area contributed by atoms with Crippen LogP contribution >= 0.6 is 0 Å². The van der Waals surface area contributed by atoms with Crippen LogP contribution in [0.15, 0.2) is 41.1 Å². The highest BCUT2D eigenvalue weighted by Gasteiger charge is 2.37. The molecule has 0 spiro atoms. The molecule has 0 saturated carbocycles. The molecule has 7 nitrogen and oxygen atoms in total. The van der Waals surface area contributed by atoms with E-state index in [1.165, 1.54) is 7.11 Å². The molecule has 27 heavy (non-hydrogen) atoms. The number of rotatable bonds is 7. The Hall–Kier alpha value is -3.09. The maximum Gasteiger partial charge on any atom is 0.340 e. The fourth-order valence-electron chi connectivity index (χ4n) is 2.79. The van der Waals surface area contributed by atoms with Crippen LogP contribution in [0, 0.1) is 5.92 Å². The first kappa shape index (κ1) is 20.2. The van der Waals surface area contributed by atoms with Gasteiger partial charge in [-0.2, -0.15) is 0 Å². The highest BCUT2D eigenvalue weighted by molar-refractivity contribution is 6.16. The number of hydrogen-bond donors (Lipinski definition) is 1. The third-order valence-corrected chi connectivity index (χ3v) is 4.02. The Balaban J connectivity index is 2.35. The van der Waals surface area contributed by atoms with E-state index >= 15 is 0 Å². The summed E-state index contributed by atoms with van der Waals surface area (Å²) in [4.78, 5) is 37.5. The zero-order chi connectivity index (χ0) is 20.1. The van der Waals surface area contributed by atoms with E-state index in [9.17, 15) is 14.4 Å². The van der Waals surface area contributed by atoms with Crippen molar-refractivity contribution in [2.24, 2.45) is 11.7 Å². The van der Waals surface area contributed by atoms with E-state index in [1.807, 2.05) is 13.8 Å². The van der Waals surface area contributed by atoms with E-state index in [0.717, 1.165) is 0 Å². The molecule has 0 bridgehead atoms. The third-order valence-electron chi connectivity index (χ3n) is 4.02. The fourth-order valence-corrected chi connectivity index (χ4v) is 2.79. The molecule has 0 saturated heterocycles. The Kier molecular flexibility index (Phi) is 6.39. The lowest BCUT2D eigenvalue weighted by Gasteiger charge is -2.19. The number of carbonyl (C=O) groups excluding carboxylic acids is 3. The minimum Gasteiger partial charge on any atom is -0.484 e. The second kappa shape index (κ2) is 8.53. The van der Waals surface area contributed by atoms with E-state index in [2.05, 4.69) is 0 Å². The van der Waals surface area contributed by atoms with Gasteiger partial charge < -0.3 is 20.1 Å². The Morgan fingerprint density at radius 2 is 1.85 bits per heavy atom. The zero-order valence-corrected chi connectivity index (χ0v) is 15.9. The Morgan fingerprint density at radius 1 is 1.22 bits per heavy atom. The second-order valence-electron chi connectivity index (χ2n) is 6.64. The van der Waals surface area contributed by atoms with Crippen molar-refractivity contribution in [2.75, 3.05) is 20.3 Å². The average molecular weight is 372 g/mol. The number of primary amides is 1. The number of esters is 1. The first-order valence-corrected chi connectivity index (χ1v) is 8.58. The fraction of sp³-hybridized carbons (Fsp3) is 0.350. The summed E-state index contributed by atoms with van der Waals surface area (Å²) in [7, 11) is 1.29. The number of methoxy groups -OCH3 is 1. The van der Waals surface area contributed by atoms with Crippen molar-refractivity contribution < 1.29 is 23.9 Å². The van der Waals surface area contributed by atoms with Gasteiger partial charge in [-0.25, -0.2) is 4.79 Å². The number of benzene rings is 1. The van der Waals surface area contributed by atoms with E-state index in [0.29, 0.717) is 29.1 Å². The highest BCUT2D eigenvalue weighted by atomic mass is 16.5. The molecule has 2 N–H and O–H groups in total. The van der Waals surface area contributed by atoms with Gasteiger partial charge in [0.25, 0.3) is 11.8 Å². The molecule has 1 aromatic rings. The standard InChI is InChI=1S/C20H24N2O5/c1-12(2)10-22-13(3)18(20(25)26-4)16(19(22)24)9-14-5-7-15(8-6-14)27-11-17(21)23/h5-9,12H,10-11H2,1-4H3,(H2,21,23). The first-order chi connectivity index (χ1) is 12.7. The SMILES string of the molecule is COC(=O)C1=C(C)N(CC(C)C)C(=O)C1=Cc1ccc(OCC(N)=O)cc1. The van der Waals surface area contributed by atoms with Crippen LogP contribution in [0.1, 0.15) is 26.3 Å². The van der Waals surface area contributed by atoms with Crippen LogP contribution in [0.5, 0.6) is 5.75 Å². The van der Waals surface area contributed by atoms with Crippen molar-refractivity contribution in [1.82, 2.24) is 4.90 Å². The van der Waals surface area contributed by atoms with Gasteiger partial charge in [-0.1, -0.05) is 26.0 Å². The summed E-state index contributed by atoms with van der Waals surface area (Å²) < 4.78 is 10.1. The maximum atomic E-state index is 12.9.